The molecule has 0 atom stereocenters. The average Bonchev–Trinajstić information content (AvgIpc) is 2.19. The van der Waals surface area contributed by atoms with Gasteiger partial charge >= 0.3 is 6.20 Å². The fraction of sp³-hybridized carbons (Fsp3) is 1.00. The van der Waals surface area contributed by atoms with Crippen molar-refractivity contribution in [1.29, 1.82) is 0 Å². The number of rotatable bonds is 10. The highest BCUT2D eigenvalue weighted by Crippen LogP contribution is 2.50. The molecule has 0 aromatic rings. The molecule has 0 saturated carbocycles. The van der Waals surface area contributed by atoms with Crippen molar-refractivity contribution in [2.75, 3.05) is 11.5 Å². The summed E-state index contributed by atoms with van der Waals surface area (Å²) in [5.41, 5.74) is 0. The zero-order valence-electron chi connectivity index (χ0n) is 9.33. The van der Waals surface area contributed by atoms with E-state index in [1.165, 1.54) is 38.5 Å². The third-order valence-corrected chi connectivity index (χ3v) is 7.51. The lowest BCUT2D eigenvalue weighted by Crippen LogP contribution is -1.77. The number of hydrogen-bond donors (Lipinski definition) is 0. The van der Waals surface area contributed by atoms with Crippen LogP contribution in [0.5, 0.6) is 0 Å². The number of unbranched alkanes of at least 4 members (excludes halogenated alkanes) is 4. The molecule has 0 radical (unpaired) electrons. The Morgan fingerprint density at radius 3 is 1.64 bits per heavy atom. The average molecular weight is 253 g/mol. The largest absolute Gasteiger partial charge is 0.483 e. The Balaban J connectivity index is 3.11. The van der Waals surface area contributed by atoms with Crippen molar-refractivity contribution >= 4 is 29.0 Å². The smallest absolute Gasteiger partial charge is 0.0654 e. The SMILES string of the molecule is CCCCCS[P+](=O)SCCCCC. The van der Waals surface area contributed by atoms with Crippen molar-refractivity contribution in [2.24, 2.45) is 0 Å². The van der Waals surface area contributed by atoms with Crippen LogP contribution in [0.4, 0.5) is 0 Å². The second kappa shape index (κ2) is 11.9. The molecular formula is C10H22OPS2+. The van der Waals surface area contributed by atoms with Crippen LogP contribution in [0.2, 0.25) is 0 Å². The van der Waals surface area contributed by atoms with E-state index in [0.29, 0.717) is 0 Å². The van der Waals surface area contributed by atoms with Crippen LogP contribution >= 0.6 is 29.0 Å². The molecule has 0 N–H and O–H groups in total. The van der Waals surface area contributed by atoms with Gasteiger partial charge in [-0.15, -0.1) is 0 Å². The van der Waals surface area contributed by atoms with Gasteiger partial charge in [0.15, 0.2) is 0 Å². The summed E-state index contributed by atoms with van der Waals surface area (Å²) >= 11 is 3.29. The van der Waals surface area contributed by atoms with Crippen LogP contribution in [0.3, 0.4) is 0 Å². The molecule has 0 heterocycles. The summed E-state index contributed by atoms with van der Waals surface area (Å²) < 4.78 is 11.4. The predicted octanol–water partition coefficient (Wildman–Crippen LogP) is 5.49. The highest BCUT2D eigenvalue weighted by Gasteiger charge is 2.18. The van der Waals surface area contributed by atoms with Gasteiger partial charge in [-0.2, -0.15) is 0 Å². The molecule has 4 heteroatoms. The van der Waals surface area contributed by atoms with E-state index < -0.39 is 6.20 Å². The van der Waals surface area contributed by atoms with Gasteiger partial charge in [0, 0.05) is 11.5 Å². The van der Waals surface area contributed by atoms with E-state index in [4.69, 9.17) is 0 Å². The summed E-state index contributed by atoms with van der Waals surface area (Å²) in [5, 5.41) is 0. The molecule has 0 amide bonds. The minimum absolute atomic E-state index is 1.03. The maximum absolute atomic E-state index is 11.4. The molecule has 0 rings (SSSR count). The lowest BCUT2D eigenvalue weighted by Gasteiger charge is -1.91. The molecule has 0 aliphatic heterocycles. The van der Waals surface area contributed by atoms with Gasteiger partial charge in [0.25, 0.3) is 0 Å². The van der Waals surface area contributed by atoms with Crippen LogP contribution in [-0.2, 0) is 4.57 Å². The van der Waals surface area contributed by atoms with Crippen LogP contribution in [0.25, 0.3) is 0 Å². The molecule has 0 aromatic carbocycles. The Kier molecular flexibility index (Phi) is 12.6. The van der Waals surface area contributed by atoms with Crippen molar-refractivity contribution < 1.29 is 4.57 Å². The molecule has 1 nitrogen and oxygen atoms in total. The third-order valence-electron chi connectivity index (χ3n) is 1.89. The lowest BCUT2D eigenvalue weighted by molar-refractivity contribution is 0.603. The molecule has 0 bridgehead atoms. The van der Waals surface area contributed by atoms with E-state index >= 15 is 0 Å². The maximum Gasteiger partial charge on any atom is 0.483 e. The van der Waals surface area contributed by atoms with E-state index in [0.717, 1.165) is 11.5 Å². The van der Waals surface area contributed by atoms with E-state index in [9.17, 15) is 4.57 Å². The van der Waals surface area contributed by atoms with Crippen LogP contribution in [0.15, 0.2) is 0 Å². The Morgan fingerprint density at radius 1 is 0.857 bits per heavy atom. The zero-order valence-corrected chi connectivity index (χ0v) is 11.9. The summed E-state index contributed by atoms with van der Waals surface area (Å²) in [6, 6.07) is 0. The van der Waals surface area contributed by atoms with E-state index in [1.807, 2.05) is 0 Å². The summed E-state index contributed by atoms with van der Waals surface area (Å²) in [6.45, 7) is 4.40. The quantitative estimate of drug-likeness (QED) is 0.378. The van der Waals surface area contributed by atoms with Crippen molar-refractivity contribution in [3.05, 3.63) is 0 Å². The zero-order chi connectivity index (χ0) is 10.6. The summed E-state index contributed by atoms with van der Waals surface area (Å²) in [4.78, 5) is 0. The second-order valence-electron chi connectivity index (χ2n) is 3.30. The van der Waals surface area contributed by atoms with Gasteiger partial charge in [0.05, 0.1) is 0 Å². The van der Waals surface area contributed by atoms with Gasteiger partial charge < -0.3 is 0 Å². The molecule has 14 heavy (non-hydrogen) atoms. The Hall–Kier alpha value is 0.800. The molecule has 0 saturated heterocycles. The van der Waals surface area contributed by atoms with E-state index in [1.54, 1.807) is 22.8 Å². The van der Waals surface area contributed by atoms with Crippen molar-refractivity contribution in [3.63, 3.8) is 0 Å². The first kappa shape index (κ1) is 14.8. The highest BCUT2D eigenvalue weighted by atomic mass is 33.1. The normalized spacial score (nSPS) is 10.4. The monoisotopic (exact) mass is 253 g/mol. The van der Waals surface area contributed by atoms with Crippen molar-refractivity contribution in [1.82, 2.24) is 0 Å². The van der Waals surface area contributed by atoms with Crippen LogP contribution in [-0.4, -0.2) is 11.5 Å². The molecule has 84 valence electrons. The van der Waals surface area contributed by atoms with Gasteiger partial charge in [-0.05, 0) is 17.4 Å². The van der Waals surface area contributed by atoms with Gasteiger partial charge in [-0.3, -0.25) is 0 Å². The van der Waals surface area contributed by atoms with Crippen molar-refractivity contribution in [2.45, 2.75) is 52.4 Å². The Bertz CT molecular complexity index is 128. The molecule has 0 aromatic heterocycles. The summed E-state index contributed by atoms with van der Waals surface area (Å²) in [5.74, 6) is 2.15. The first-order chi connectivity index (χ1) is 6.81. The molecule has 0 aliphatic rings. The minimum atomic E-state index is -1.03. The third kappa shape index (κ3) is 10.9. The Morgan fingerprint density at radius 2 is 1.29 bits per heavy atom. The first-order valence-corrected chi connectivity index (χ1v) is 9.98. The van der Waals surface area contributed by atoms with Crippen LogP contribution in [0.1, 0.15) is 52.4 Å². The van der Waals surface area contributed by atoms with E-state index in [2.05, 4.69) is 13.8 Å². The van der Waals surface area contributed by atoms with Crippen LogP contribution < -0.4 is 0 Å². The van der Waals surface area contributed by atoms with E-state index in [-0.39, 0.29) is 0 Å². The highest BCUT2D eigenvalue weighted by molar-refractivity contribution is 8.84. The fourth-order valence-corrected chi connectivity index (χ4v) is 5.96. The first-order valence-electron chi connectivity index (χ1n) is 5.54. The summed E-state index contributed by atoms with van der Waals surface area (Å²) in [6.07, 6.45) is 6.46. The molecule has 0 aliphatic carbocycles. The van der Waals surface area contributed by atoms with Crippen molar-refractivity contribution in [3.8, 4) is 0 Å². The fourth-order valence-electron chi connectivity index (χ4n) is 1.02. The Labute approximate surface area is 97.5 Å². The van der Waals surface area contributed by atoms with Gasteiger partial charge in [0.1, 0.15) is 22.8 Å². The van der Waals surface area contributed by atoms with Gasteiger partial charge in [0.2, 0.25) is 0 Å². The van der Waals surface area contributed by atoms with Gasteiger partial charge in [-0.1, -0.05) is 39.5 Å². The summed E-state index contributed by atoms with van der Waals surface area (Å²) in [7, 11) is 0. The number of hydrogen-bond acceptors (Lipinski definition) is 3. The standard InChI is InChI=1S/C10H22OPS2/c1-3-5-7-9-13-12(11)14-10-8-6-4-2/h3-10H2,1-2H3/q+1. The molecule has 0 spiro atoms. The van der Waals surface area contributed by atoms with Gasteiger partial charge in [-0.25, -0.2) is 0 Å². The predicted molar refractivity (Wildman–Crippen MR) is 71.6 cm³/mol. The van der Waals surface area contributed by atoms with Crippen LogP contribution in [0, 0.1) is 0 Å². The second-order valence-corrected chi connectivity index (χ2v) is 9.32. The minimum Gasteiger partial charge on any atom is -0.0654 e. The molecular weight excluding hydrogens is 231 g/mol. The molecule has 0 unspecified atom stereocenters. The molecule has 0 fully saturated rings. The lowest BCUT2D eigenvalue weighted by atomic mass is 10.3. The maximum atomic E-state index is 11.4. The topological polar surface area (TPSA) is 17.1 Å².